The van der Waals surface area contributed by atoms with E-state index in [0.717, 1.165) is 72.0 Å². The van der Waals surface area contributed by atoms with Crippen LogP contribution < -0.4 is 0 Å². The van der Waals surface area contributed by atoms with Crippen LogP contribution in [-0.4, -0.2) is 19.5 Å². The number of fused-ring (bicyclic) bond motifs is 6. The predicted molar refractivity (Wildman–Crippen MR) is 232 cm³/mol. The Kier molecular flexibility index (Phi) is 7.81. The van der Waals surface area contributed by atoms with Crippen LogP contribution in [0.3, 0.4) is 0 Å². The van der Waals surface area contributed by atoms with Gasteiger partial charge in [-0.2, -0.15) is 0 Å². The van der Waals surface area contributed by atoms with Crippen molar-refractivity contribution in [2.24, 2.45) is 0 Å². The largest absolute Gasteiger partial charge is 0.456 e. The van der Waals surface area contributed by atoms with Gasteiger partial charge in [-0.3, -0.25) is 0 Å². The van der Waals surface area contributed by atoms with Gasteiger partial charge in [0.25, 0.3) is 0 Å². The Labute approximate surface area is 329 Å². The Hall–Kier alpha value is -7.63. The Balaban J connectivity index is 1.04. The number of para-hydroxylation sites is 3. The van der Waals surface area contributed by atoms with Crippen molar-refractivity contribution in [3.8, 4) is 50.7 Å². The third-order valence-corrected chi connectivity index (χ3v) is 10.9. The van der Waals surface area contributed by atoms with Crippen LogP contribution in [0.1, 0.15) is 11.4 Å². The maximum Gasteiger partial charge on any atom is 0.163 e. The fourth-order valence-corrected chi connectivity index (χ4v) is 8.15. The van der Waals surface area contributed by atoms with Crippen molar-refractivity contribution in [3.63, 3.8) is 0 Å². The minimum atomic E-state index is 0.519. The molecule has 0 bridgehead atoms. The summed E-state index contributed by atoms with van der Waals surface area (Å²) in [6.45, 7) is 0. The first-order chi connectivity index (χ1) is 28.2. The van der Waals surface area contributed by atoms with E-state index in [1.807, 2.05) is 36.4 Å². The van der Waals surface area contributed by atoms with Crippen molar-refractivity contribution in [2.45, 2.75) is 6.42 Å². The Morgan fingerprint density at radius 3 is 1.72 bits per heavy atom. The standard InChI is InChI=1S/C52H34N4O/c1-3-13-34(14-4-1)35-23-25-37(26-24-35)52-54-50(53-51(55-52)36-15-5-2-6-16-36)33-40-17-7-10-20-45(40)56-46-21-11-8-18-41(46)42-29-27-39(32-47(42)56)38-28-30-49-44(31-38)43-19-9-12-22-48(43)57-49/h1-32H,33H2. The summed E-state index contributed by atoms with van der Waals surface area (Å²) in [5.41, 5.74) is 12.8. The van der Waals surface area contributed by atoms with Crippen LogP contribution >= 0.6 is 0 Å². The number of hydrogen-bond donors (Lipinski definition) is 0. The summed E-state index contributed by atoms with van der Waals surface area (Å²) in [6, 6.07) is 67.9. The number of aromatic nitrogens is 4. The van der Waals surface area contributed by atoms with E-state index >= 15 is 0 Å². The number of nitrogens with zero attached hydrogens (tertiary/aromatic N) is 4. The first-order valence-corrected chi connectivity index (χ1v) is 19.2. The van der Waals surface area contributed by atoms with Gasteiger partial charge in [-0.1, -0.05) is 158 Å². The van der Waals surface area contributed by atoms with Crippen molar-refractivity contribution >= 4 is 43.7 Å². The molecule has 0 aliphatic rings. The molecule has 0 N–H and O–H groups in total. The van der Waals surface area contributed by atoms with Crippen LogP contribution in [0.5, 0.6) is 0 Å². The summed E-state index contributed by atoms with van der Waals surface area (Å²) in [5, 5.41) is 4.65. The molecule has 5 heteroatoms. The van der Waals surface area contributed by atoms with E-state index in [4.69, 9.17) is 19.4 Å². The monoisotopic (exact) mass is 730 g/mol. The molecule has 0 saturated heterocycles. The van der Waals surface area contributed by atoms with Crippen LogP contribution in [-0.2, 0) is 6.42 Å². The Morgan fingerprint density at radius 2 is 0.912 bits per heavy atom. The van der Waals surface area contributed by atoms with Gasteiger partial charge in [0.15, 0.2) is 11.6 Å². The number of rotatable bonds is 7. The Bertz CT molecular complexity index is 3260. The van der Waals surface area contributed by atoms with Crippen molar-refractivity contribution in [1.82, 2.24) is 19.5 Å². The quantitative estimate of drug-likeness (QED) is 0.164. The van der Waals surface area contributed by atoms with E-state index in [1.165, 1.54) is 16.3 Å². The number of hydrogen-bond acceptors (Lipinski definition) is 4. The van der Waals surface area contributed by atoms with Crippen LogP contribution in [0.2, 0.25) is 0 Å². The van der Waals surface area contributed by atoms with Gasteiger partial charge >= 0.3 is 0 Å². The highest BCUT2D eigenvalue weighted by Crippen LogP contribution is 2.38. The lowest BCUT2D eigenvalue weighted by Crippen LogP contribution is -2.06. The molecule has 8 aromatic carbocycles. The molecule has 0 aliphatic heterocycles. The summed E-state index contributed by atoms with van der Waals surface area (Å²) in [6.07, 6.45) is 0.519. The number of benzene rings is 8. The molecule has 0 fully saturated rings. The average molecular weight is 731 g/mol. The molecule has 0 atom stereocenters. The highest BCUT2D eigenvalue weighted by Gasteiger charge is 2.18. The molecule has 0 amide bonds. The molecule has 0 saturated carbocycles. The fourth-order valence-electron chi connectivity index (χ4n) is 8.15. The molecule has 5 nitrogen and oxygen atoms in total. The zero-order valence-corrected chi connectivity index (χ0v) is 30.9. The molecule has 3 heterocycles. The molecule has 0 unspecified atom stereocenters. The lowest BCUT2D eigenvalue weighted by molar-refractivity contribution is 0.669. The highest BCUT2D eigenvalue weighted by molar-refractivity contribution is 6.11. The van der Waals surface area contributed by atoms with Crippen LogP contribution in [0.15, 0.2) is 199 Å². The zero-order valence-electron chi connectivity index (χ0n) is 30.9. The Morgan fingerprint density at radius 1 is 0.368 bits per heavy atom. The SMILES string of the molecule is c1ccc(-c2ccc(-c3nc(Cc4ccccc4-n4c5ccccc5c5ccc(-c6ccc7oc8ccccc8c7c6)cc54)nc(-c4ccccc4)n3)cc2)cc1. The normalized spacial score (nSPS) is 11.6. The molecule has 57 heavy (non-hydrogen) atoms. The van der Waals surface area contributed by atoms with Crippen molar-refractivity contribution in [3.05, 3.63) is 206 Å². The molecule has 11 aromatic rings. The molecule has 3 aromatic heterocycles. The lowest BCUT2D eigenvalue weighted by Gasteiger charge is -2.15. The van der Waals surface area contributed by atoms with Gasteiger partial charge < -0.3 is 8.98 Å². The van der Waals surface area contributed by atoms with E-state index < -0.39 is 0 Å². The highest BCUT2D eigenvalue weighted by atomic mass is 16.3. The molecule has 0 radical (unpaired) electrons. The first kappa shape index (κ1) is 32.8. The second kappa shape index (κ2) is 13.6. The summed E-state index contributed by atoms with van der Waals surface area (Å²) in [7, 11) is 0. The summed E-state index contributed by atoms with van der Waals surface area (Å²) < 4.78 is 8.56. The third-order valence-electron chi connectivity index (χ3n) is 10.9. The lowest BCUT2D eigenvalue weighted by atomic mass is 10.0. The van der Waals surface area contributed by atoms with Crippen LogP contribution in [0.4, 0.5) is 0 Å². The van der Waals surface area contributed by atoms with Gasteiger partial charge in [-0.15, -0.1) is 0 Å². The van der Waals surface area contributed by atoms with Crippen molar-refractivity contribution in [1.29, 1.82) is 0 Å². The van der Waals surface area contributed by atoms with Gasteiger partial charge in [0.05, 0.1) is 11.0 Å². The molecule has 0 aliphatic carbocycles. The summed E-state index contributed by atoms with van der Waals surface area (Å²) in [4.78, 5) is 15.2. The second-order valence-corrected chi connectivity index (χ2v) is 14.4. The predicted octanol–water partition coefficient (Wildman–Crippen LogP) is 13.1. The minimum Gasteiger partial charge on any atom is -0.456 e. The zero-order chi connectivity index (χ0) is 37.7. The molecule has 11 rings (SSSR count). The van der Waals surface area contributed by atoms with Gasteiger partial charge in [-0.05, 0) is 64.2 Å². The van der Waals surface area contributed by atoms with E-state index in [2.05, 4.69) is 162 Å². The van der Waals surface area contributed by atoms with E-state index in [0.29, 0.717) is 23.9 Å². The van der Waals surface area contributed by atoms with Gasteiger partial charge in [0.1, 0.15) is 17.0 Å². The average Bonchev–Trinajstić information content (AvgIpc) is 3.82. The van der Waals surface area contributed by atoms with Gasteiger partial charge in [0.2, 0.25) is 0 Å². The summed E-state index contributed by atoms with van der Waals surface area (Å²) in [5.74, 6) is 2.02. The minimum absolute atomic E-state index is 0.519. The van der Waals surface area contributed by atoms with E-state index in [1.54, 1.807) is 0 Å². The summed E-state index contributed by atoms with van der Waals surface area (Å²) >= 11 is 0. The smallest absolute Gasteiger partial charge is 0.163 e. The van der Waals surface area contributed by atoms with Gasteiger partial charge in [-0.25, -0.2) is 15.0 Å². The fraction of sp³-hybridized carbons (Fsp3) is 0.0192. The maximum absolute atomic E-state index is 6.16. The first-order valence-electron chi connectivity index (χ1n) is 19.2. The topological polar surface area (TPSA) is 56.7 Å². The molecule has 268 valence electrons. The molecular weight excluding hydrogens is 697 g/mol. The van der Waals surface area contributed by atoms with E-state index in [9.17, 15) is 0 Å². The molecule has 0 spiro atoms. The second-order valence-electron chi connectivity index (χ2n) is 14.4. The van der Waals surface area contributed by atoms with E-state index in [-0.39, 0.29) is 0 Å². The maximum atomic E-state index is 6.16. The van der Waals surface area contributed by atoms with Crippen LogP contribution in [0, 0.1) is 0 Å². The third kappa shape index (κ3) is 5.85. The van der Waals surface area contributed by atoms with Crippen LogP contribution in [0.25, 0.3) is 94.5 Å². The van der Waals surface area contributed by atoms with Gasteiger partial charge in [0, 0.05) is 44.8 Å². The van der Waals surface area contributed by atoms with Crippen molar-refractivity contribution in [2.75, 3.05) is 0 Å². The number of furan rings is 1. The molecular formula is C52H34N4O. The van der Waals surface area contributed by atoms with Crippen molar-refractivity contribution < 1.29 is 4.42 Å².